The lowest BCUT2D eigenvalue weighted by Gasteiger charge is -2.18. The Balaban J connectivity index is 4.38. The number of hydrogen-bond donors (Lipinski definition) is 0. The van der Waals surface area contributed by atoms with Crippen LogP contribution in [0, 0.1) is 0 Å². The minimum atomic E-state index is -0.774. The molecule has 0 aromatic carbocycles. The van der Waals surface area contributed by atoms with Gasteiger partial charge in [0.1, 0.15) is 13.2 Å². The predicted molar refractivity (Wildman–Crippen MR) is 224 cm³/mol. The maximum atomic E-state index is 12.7. The first-order valence-corrected chi connectivity index (χ1v) is 22.5. The molecule has 0 bridgehead atoms. The Morgan fingerprint density at radius 1 is 0.377 bits per heavy atom. The number of ether oxygens (including phenoxy) is 3. The fourth-order valence-corrected chi connectivity index (χ4v) is 6.17. The fraction of sp³-hybridized carbons (Fsp3) is 0.809. The van der Waals surface area contributed by atoms with Crippen molar-refractivity contribution in [1.82, 2.24) is 0 Å². The SMILES string of the molecule is CCC/C=C\CCCCCCCC(=O)OCC(COC(=O)CCCCCCC/C=C\C/C=C\CCCC)OC(=O)CCCCCCCCCCCCC. The molecule has 0 rings (SSSR count). The summed E-state index contributed by atoms with van der Waals surface area (Å²) in [5.74, 6) is -0.903. The number of carbonyl (C=O) groups excluding carboxylic acids is 3. The Labute approximate surface area is 327 Å². The summed E-state index contributed by atoms with van der Waals surface area (Å²) in [5, 5.41) is 0. The van der Waals surface area contributed by atoms with Gasteiger partial charge in [0.2, 0.25) is 0 Å². The average molecular weight is 745 g/mol. The molecule has 0 aliphatic heterocycles. The third kappa shape index (κ3) is 40.6. The van der Waals surface area contributed by atoms with Crippen molar-refractivity contribution in [2.24, 2.45) is 0 Å². The molecule has 1 atom stereocenters. The van der Waals surface area contributed by atoms with Gasteiger partial charge in [0, 0.05) is 19.3 Å². The topological polar surface area (TPSA) is 78.9 Å². The molecule has 0 saturated carbocycles. The lowest BCUT2D eigenvalue weighted by Crippen LogP contribution is -2.30. The van der Waals surface area contributed by atoms with E-state index < -0.39 is 6.10 Å². The number of rotatable bonds is 40. The van der Waals surface area contributed by atoms with E-state index in [1.165, 1.54) is 96.3 Å². The molecule has 0 amide bonds. The Kier molecular flexibility index (Phi) is 40.5. The maximum absolute atomic E-state index is 12.7. The Hall–Kier alpha value is -2.37. The summed E-state index contributed by atoms with van der Waals surface area (Å²) in [5.41, 5.74) is 0. The van der Waals surface area contributed by atoms with Crippen molar-refractivity contribution in [3.63, 3.8) is 0 Å². The van der Waals surface area contributed by atoms with Crippen LogP contribution in [0.4, 0.5) is 0 Å². The zero-order valence-electron chi connectivity index (χ0n) is 35.0. The maximum Gasteiger partial charge on any atom is 0.306 e. The van der Waals surface area contributed by atoms with Gasteiger partial charge in [-0.25, -0.2) is 0 Å². The molecule has 0 aliphatic carbocycles. The standard InChI is InChI=1S/C47H84O6/c1-4-7-10-13-16-19-22-23-24-26-28-31-34-37-40-46(49)52-43-44(42-51-45(48)39-36-33-30-27-21-18-15-12-9-6-3)53-47(50)41-38-35-32-29-25-20-17-14-11-8-5-2/h12-13,15-16,22-23,44H,4-11,14,17-21,24-43H2,1-3H3/b15-12-,16-13-,23-22-. The summed E-state index contributed by atoms with van der Waals surface area (Å²) in [6, 6.07) is 0. The van der Waals surface area contributed by atoms with Crippen molar-refractivity contribution in [1.29, 1.82) is 0 Å². The molecule has 0 spiro atoms. The highest BCUT2D eigenvalue weighted by Gasteiger charge is 2.19. The first kappa shape index (κ1) is 50.6. The molecule has 0 aromatic heterocycles. The van der Waals surface area contributed by atoms with E-state index in [2.05, 4.69) is 57.2 Å². The predicted octanol–water partition coefficient (Wildman–Crippen LogP) is 14.2. The molecule has 6 heteroatoms. The van der Waals surface area contributed by atoms with Crippen molar-refractivity contribution in [3.8, 4) is 0 Å². The van der Waals surface area contributed by atoms with Crippen LogP contribution < -0.4 is 0 Å². The molecule has 0 N–H and O–H groups in total. The molecule has 0 aromatic rings. The minimum absolute atomic E-state index is 0.0796. The molecule has 1 unspecified atom stereocenters. The van der Waals surface area contributed by atoms with E-state index in [-0.39, 0.29) is 31.1 Å². The summed E-state index contributed by atoms with van der Waals surface area (Å²) in [4.78, 5) is 37.6. The Bertz CT molecular complexity index is 907. The second-order valence-corrected chi connectivity index (χ2v) is 15.0. The van der Waals surface area contributed by atoms with Crippen LogP contribution in [0.2, 0.25) is 0 Å². The summed E-state index contributed by atoms with van der Waals surface area (Å²) in [6.07, 6.45) is 46.9. The molecule has 6 nitrogen and oxygen atoms in total. The van der Waals surface area contributed by atoms with E-state index in [0.717, 1.165) is 89.9 Å². The van der Waals surface area contributed by atoms with Crippen LogP contribution in [0.5, 0.6) is 0 Å². The van der Waals surface area contributed by atoms with E-state index in [1.807, 2.05) is 0 Å². The number of carbonyl (C=O) groups is 3. The number of esters is 3. The van der Waals surface area contributed by atoms with Crippen LogP contribution in [0.25, 0.3) is 0 Å². The van der Waals surface area contributed by atoms with E-state index in [0.29, 0.717) is 19.3 Å². The molecule has 308 valence electrons. The van der Waals surface area contributed by atoms with Gasteiger partial charge in [-0.15, -0.1) is 0 Å². The molecular formula is C47H84O6. The molecule has 53 heavy (non-hydrogen) atoms. The second-order valence-electron chi connectivity index (χ2n) is 15.0. The van der Waals surface area contributed by atoms with Gasteiger partial charge in [-0.3, -0.25) is 14.4 Å². The first-order valence-electron chi connectivity index (χ1n) is 22.5. The molecule has 0 radical (unpaired) electrons. The molecule has 0 heterocycles. The van der Waals surface area contributed by atoms with Crippen LogP contribution in [0.3, 0.4) is 0 Å². The summed E-state index contributed by atoms with van der Waals surface area (Å²) in [6.45, 7) is 6.50. The van der Waals surface area contributed by atoms with Gasteiger partial charge in [0.05, 0.1) is 0 Å². The lowest BCUT2D eigenvalue weighted by molar-refractivity contribution is -0.167. The third-order valence-corrected chi connectivity index (χ3v) is 9.60. The zero-order valence-corrected chi connectivity index (χ0v) is 35.0. The van der Waals surface area contributed by atoms with Gasteiger partial charge >= 0.3 is 17.9 Å². The van der Waals surface area contributed by atoms with Crippen LogP contribution in [-0.4, -0.2) is 37.2 Å². The van der Waals surface area contributed by atoms with Crippen molar-refractivity contribution < 1.29 is 28.6 Å². The average Bonchev–Trinajstić information content (AvgIpc) is 3.15. The highest BCUT2D eigenvalue weighted by Crippen LogP contribution is 2.14. The van der Waals surface area contributed by atoms with Crippen molar-refractivity contribution in [2.45, 2.75) is 232 Å². The Morgan fingerprint density at radius 2 is 0.736 bits per heavy atom. The van der Waals surface area contributed by atoms with Gasteiger partial charge in [-0.2, -0.15) is 0 Å². The minimum Gasteiger partial charge on any atom is -0.462 e. The monoisotopic (exact) mass is 745 g/mol. The largest absolute Gasteiger partial charge is 0.462 e. The van der Waals surface area contributed by atoms with Crippen LogP contribution >= 0.6 is 0 Å². The van der Waals surface area contributed by atoms with Crippen molar-refractivity contribution in [2.75, 3.05) is 13.2 Å². The number of allylic oxidation sites excluding steroid dienone is 6. The van der Waals surface area contributed by atoms with E-state index >= 15 is 0 Å². The van der Waals surface area contributed by atoms with Crippen molar-refractivity contribution >= 4 is 17.9 Å². The zero-order chi connectivity index (χ0) is 38.7. The summed E-state index contributed by atoms with van der Waals surface area (Å²) >= 11 is 0. The van der Waals surface area contributed by atoms with Gasteiger partial charge in [0.25, 0.3) is 0 Å². The van der Waals surface area contributed by atoms with Crippen LogP contribution in [0.1, 0.15) is 226 Å². The highest BCUT2D eigenvalue weighted by molar-refractivity contribution is 5.71. The van der Waals surface area contributed by atoms with Gasteiger partial charge in [-0.1, -0.05) is 179 Å². The molecule has 0 fully saturated rings. The van der Waals surface area contributed by atoms with Gasteiger partial charge in [0.15, 0.2) is 6.10 Å². The van der Waals surface area contributed by atoms with Crippen LogP contribution in [0.15, 0.2) is 36.5 Å². The van der Waals surface area contributed by atoms with E-state index in [4.69, 9.17) is 14.2 Å². The quantitative estimate of drug-likeness (QED) is 0.0269. The highest BCUT2D eigenvalue weighted by atomic mass is 16.6. The van der Waals surface area contributed by atoms with Crippen molar-refractivity contribution in [3.05, 3.63) is 36.5 Å². The van der Waals surface area contributed by atoms with E-state index in [1.54, 1.807) is 0 Å². The molecule has 0 aliphatic rings. The number of unbranched alkanes of at least 4 members (excludes halogenated alkanes) is 23. The lowest BCUT2D eigenvalue weighted by atomic mass is 10.1. The summed E-state index contributed by atoms with van der Waals surface area (Å²) < 4.78 is 16.7. The third-order valence-electron chi connectivity index (χ3n) is 9.60. The van der Waals surface area contributed by atoms with Gasteiger partial charge < -0.3 is 14.2 Å². The smallest absolute Gasteiger partial charge is 0.306 e. The molecular weight excluding hydrogens is 661 g/mol. The van der Waals surface area contributed by atoms with Gasteiger partial charge in [-0.05, 0) is 64.2 Å². The Morgan fingerprint density at radius 3 is 1.19 bits per heavy atom. The summed E-state index contributed by atoms with van der Waals surface area (Å²) in [7, 11) is 0. The second kappa shape index (κ2) is 42.4. The number of hydrogen-bond acceptors (Lipinski definition) is 6. The molecule has 0 saturated heterocycles. The van der Waals surface area contributed by atoms with E-state index in [9.17, 15) is 14.4 Å². The normalized spacial score (nSPS) is 12.3. The fourth-order valence-electron chi connectivity index (χ4n) is 6.17. The van der Waals surface area contributed by atoms with Crippen LogP contribution in [-0.2, 0) is 28.6 Å². The first-order chi connectivity index (χ1) is 26.0.